The molecule has 0 unspecified atom stereocenters. The van der Waals surface area contributed by atoms with Gasteiger partial charge in [-0.3, -0.25) is 4.79 Å². The molecular formula is C12H22N4O2S. The summed E-state index contributed by atoms with van der Waals surface area (Å²) in [5, 5.41) is 13.2. The molecule has 0 aliphatic carbocycles. The highest BCUT2D eigenvalue weighted by molar-refractivity contribution is 7.99. The fourth-order valence-corrected chi connectivity index (χ4v) is 2.54. The molecule has 19 heavy (non-hydrogen) atoms. The van der Waals surface area contributed by atoms with E-state index in [0.29, 0.717) is 11.7 Å². The van der Waals surface area contributed by atoms with E-state index in [1.54, 1.807) is 0 Å². The lowest BCUT2D eigenvalue weighted by molar-refractivity contribution is -0.139. The fraction of sp³-hybridized carbons (Fsp3) is 0.750. The summed E-state index contributed by atoms with van der Waals surface area (Å²) in [7, 11) is 0. The van der Waals surface area contributed by atoms with E-state index in [9.17, 15) is 4.79 Å². The number of rotatable bonds is 7. The molecule has 0 spiro atoms. The normalized spacial score (nSPS) is 13.8. The maximum atomic E-state index is 10.9. The van der Waals surface area contributed by atoms with Crippen LogP contribution >= 0.6 is 11.8 Å². The van der Waals surface area contributed by atoms with Gasteiger partial charge in [0.05, 0.1) is 5.75 Å². The van der Waals surface area contributed by atoms with Crippen LogP contribution in [-0.2, 0) is 17.1 Å². The minimum absolute atomic E-state index is 0.486. The predicted molar refractivity (Wildman–Crippen MR) is 75.8 cm³/mol. The summed E-state index contributed by atoms with van der Waals surface area (Å²) in [5.74, 6) is 0.950. The van der Waals surface area contributed by atoms with Gasteiger partial charge in [-0.25, -0.2) is 9.67 Å². The van der Waals surface area contributed by atoms with Crippen LogP contribution in [0.3, 0.4) is 0 Å². The Morgan fingerprint density at radius 2 is 2.21 bits per heavy atom. The first-order valence-electron chi connectivity index (χ1n) is 6.23. The predicted octanol–water partition coefficient (Wildman–Crippen LogP) is 1.36. The van der Waals surface area contributed by atoms with Crippen molar-refractivity contribution in [3.63, 3.8) is 0 Å². The molecule has 1 aromatic heterocycles. The summed E-state index contributed by atoms with van der Waals surface area (Å²) in [6.45, 7) is 8.70. The van der Waals surface area contributed by atoms with Gasteiger partial charge in [-0.15, -0.1) is 11.8 Å². The average Bonchev–Trinajstić information content (AvgIpc) is 2.72. The highest BCUT2D eigenvalue weighted by atomic mass is 32.2. The summed E-state index contributed by atoms with van der Waals surface area (Å²) >= 11 is 1.48. The van der Waals surface area contributed by atoms with E-state index in [2.05, 4.69) is 23.9 Å². The largest absolute Gasteiger partial charge is 0.480 e. The van der Waals surface area contributed by atoms with Crippen LogP contribution in [0.5, 0.6) is 0 Å². The van der Waals surface area contributed by atoms with Crippen LogP contribution in [0, 0.1) is 5.92 Å². The van der Waals surface area contributed by atoms with Crippen molar-refractivity contribution in [3.05, 3.63) is 12.2 Å². The number of carboxylic acid groups (broad SMARTS) is 1. The van der Waals surface area contributed by atoms with E-state index in [1.165, 1.54) is 18.1 Å². The topological polar surface area (TPSA) is 94.0 Å². The van der Waals surface area contributed by atoms with Crippen LogP contribution in [-0.4, -0.2) is 36.6 Å². The van der Waals surface area contributed by atoms with Gasteiger partial charge in [0, 0.05) is 11.3 Å². The summed E-state index contributed by atoms with van der Waals surface area (Å²) in [6.07, 6.45) is 1.53. The van der Waals surface area contributed by atoms with Crippen molar-refractivity contribution in [1.82, 2.24) is 14.8 Å². The van der Waals surface area contributed by atoms with Crippen molar-refractivity contribution >= 4 is 17.7 Å². The first-order chi connectivity index (χ1) is 8.74. The zero-order valence-corrected chi connectivity index (χ0v) is 12.6. The molecule has 0 bridgehead atoms. The third kappa shape index (κ3) is 4.50. The molecule has 1 atom stereocenters. The molecule has 108 valence electrons. The second-order valence-corrected chi connectivity index (χ2v) is 7.09. The lowest BCUT2D eigenvalue weighted by Crippen LogP contribution is -2.46. The van der Waals surface area contributed by atoms with Crippen LogP contribution in [0.15, 0.2) is 6.33 Å². The Balaban J connectivity index is 2.66. The van der Waals surface area contributed by atoms with E-state index in [4.69, 9.17) is 10.8 Å². The number of carboxylic acids is 1. The SMILES string of the molecule is CC(C)Cn1ncnc1CSC(C)(C)[C@@H](N)C(=O)O. The van der Waals surface area contributed by atoms with Crippen LogP contribution < -0.4 is 5.73 Å². The van der Waals surface area contributed by atoms with Gasteiger partial charge in [0.15, 0.2) is 0 Å². The van der Waals surface area contributed by atoms with Gasteiger partial charge in [-0.2, -0.15) is 5.10 Å². The van der Waals surface area contributed by atoms with Crippen molar-refractivity contribution in [3.8, 4) is 0 Å². The average molecular weight is 286 g/mol. The van der Waals surface area contributed by atoms with Crippen LogP contribution in [0.2, 0.25) is 0 Å². The molecule has 7 heteroatoms. The fourth-order valence-electron chi connectivity index (χ4n) is 1.54. The lowest BCUT2D eigenvalue weighted by Gasteiger charge is -2.27. The number of thioether (sulfide) groups is 1. The van der Waals surface area contributed by atoms with Crippen molar-refractivity contribution in [1.29, 1.82) is 0 Å². The van der Waals surface area contributed by atoms with Gasteiger partial charge in [0.25, 0.3) is 0 Å². The Bertz CT molecular complexity index is 431. The molecule has 1 heterocycles. The first-order valence-corrected chi connectivity index (χ1v) is 7.21. The number of nitrogens with zero attached hydrogens (tertiary/aromatic N) is 3. The number of nitrogens with two attached hydrogens (primary N) is 1. The standard InChI is InChI=1S/C12H22N4O2S/c1-8(2)5-16-9(14-7-15-16)6-19-12(3,4)10(13)11(17)18/h7-8,10H,5-6,13H2,1-4H3,(H,17,18)/t10-/m0/s1. The van der Waals surface area contributed by atoms with Gasteiger partial charge in [-0.1, -0.05) is 13.8 Å². The van der Waals surface area contributed by atoms with E-state index in [1.807, 2.05) is 18.5 Å². The van der Waals surface area contributed by atoms with Crippen molar-refractivity contribution in [2.45, 2.75) is 50.8 Å². The quantitative estimate of drug-likeness (QED) is 0.786. The minimum atomic E-state index is -0.985. The molecule has 0 saturated carbocycles. The molecule has 6 nitrogen and oxygen atoms in total. The Morgan fingerprint density at radius 3 is 2.74 bits per heavy atom. The molecule has 0 radical (unpaired) electrons. The van der Waals surface area contributed by atoms with Crippen LogP contribution in [0.4, 0.5) is 0 Å². The number of aromatic nitrogens is 3. The molecule has 0 aliphatic rings. The Morgan fingerprint density at radius 1 is 1.58 bits per heavy atom. The highest BCUT2D eigenvalue weighted by Gasteiger charge is 2.32. The molecule has 0 saturated heterocycles. The first kappa shape index (κ1) is 16.0. The summed E-state index contributed by atoms with van der Waals surface area (Å²) in [6, 6.07) is -0.904. The molecule has 0 aliphatic heterocycles. The Kier molecular flexibility index (Phi) is 5.37. The Hall–Kier alpha value is -1.08. The van der Waals surface area contributed by atoms with Crippen molar-refractivity contribution in [2.24, 2.45) is 11.7 Å². The second kappa shape index (κ2) is 6.38. The van der Waals surface area contributed by atoms with Crippen LogP contribution in [0.25, 0.3) is 0 Å². The summed E-state index contributed by atoms with van der Waals surface area (Å²) in [4.78, 5) is 15.2. The minimum Gasteiger partial charge on any atom is -0.480 e. The second-order valence-electron chi connectivity index (χ2n) is 5.46. The smallest absolute Gasteiger partial charge is 0.321 e. The molecule has 1 aromatic rings. The van der Waals surface area contributed by atoms with Crippen LogP contribution in [0.1, 0.15) is 33.5 Å². The van der Waals surface area contributed by atoms with Gasteiger partial charge in [-0.05, 0) is 19.8 Å². The number of carbonyl (C=O) groups is 1. The maximum Gasteiger partial charge on any atom is 0.321 e. The zero-order valence-electron chi connectivity index (χ0n) is 11.8. The third-order valence-electron chi connectivity index (χ3n) is 2.82. The third-order valence-corrected chi connectivity index (χ3v) is 4.22. The summed E-state index contributed by atoms with van der Waals surface area (Å²) < 4.78 is 1.31. The highest BCUT2D eigenvalue weighted by Crippen LogP contribution is 2.30. The number of hydrogen-bond donors (Lipinski definition) is 2. The molecule has 0 fully saturated rings. The van der Waals surface area contributed by atoms with E-state index < -0.39 is 16.8 Å². The van der Waals surface area contributed by atoms with E-state index in [0.717, 1.165) is 12.4 Å². The monoisotopic (exact) mass is 286 g/mol. The molecule has 1 rings (SSSR count). The van der Waals surface area contributed by atoms with Gasteiger partial charge < -0.3 is 10.8 Å². The van der Waals surface area contributed by atoms with Gasteiger partial charge >= 0.3 is 5.97 Å². The maximum absolute atomic E-state index is 10.9. The van der Waals surface area contributed by atoms with Gasteiger partial charge in [0.1, 0.15) is 18.2 Å². The summed E-state index contributed by atoms with van der Waals surface area (Å²) in [5.41, 5.74) is 5.69. The zero-order chi connectivity index (χ0) is 14.6. The van der Waals surface area contributed by atoms with Gasteiger partial charge in [0.2, 0.25) is 0 Å². The molecule has 3 N–H and O–H groups in total. The molecule has 0 aromatic carbocycles. The lowest BCUT2D eigenvalue weighted by atomic mass is 10.1. The van der Waals surface area contributed by atoms with Crippen molar-refractivity contribution in [2.75, 3.05) is 0 Å². The Labute approximate surface area is 117 Å². The molecule has 0 amide bonds. The molecular weight excluding hydrogens is 264 g/mol. The number of hydrogen-bond acceptors (Lipinski definition) is 5. The number of aliphatic carboxylic acids is 1. The van der Waals surface area contributed by atoms with E-state index >= 15 is 0 Å². The van der Waals surface area contributed by atoms with E-state index in [-0.39, 0.29) is 0 Å². The van der Waals surface area contributed by atoms with Crippen molar-refractivity contribution < 1.29 is 9.90 Å².